The zero-order valence-electron chi connectivity index (χ0n) is 15.9. The van der Waals surface area contributed by atoms with Gasteiger partial charge in [-0.3, -0.25) is 4.79 Å². The molecule has 4 rings (SSSR count). The molecule has 0 saturated carbocycles. The van der Waals surface area contributed by atoms with Gasteiger partial charge in [0.1, 0.15) is 12.1 Å². The number of ether oxygens (including phenoxy) is 1. The highest BCUT2D eigenvalue weighted by Crippen LogP contribution is 2.30. The molecular weight excluding hydrogens is 362 g/mol. The standard InChI is InChI=1S/C24H19N3O2/c1-17-10-12-20(13-11-17)27-23(28)19-8-5-9-21(14-19)29-24-22(15-25-16-26-24)18-6-3-2-4-7-18/h2-16H,1H3,(H,27,28). The van der Waals surface area contributed by atoms with Gasteiger partial charge >= 0.3 is 0 Å². The average molecular weight is 381 g/mol. The molecule has 1 heterocycles. The van der Waals surface area contributed by atoms with E-state index in [4.69, 9.17) is 4.74 Å². The van der Waals surface area contributed by atoms with E-state index in [0.29, 0.717) is 17.2 Å². The second-order valence-electron chi connectivity index (χ2n) is 6.56. The number of nitrogens with one attached hydrogen (secondary N) is 1. The molecule has 4 aromatic rings. The largest absolute Gasteiger partial charge is 0.438 e. The van der Waals surface area contributed by atoms with Gasteiger partial charge < -0.3 is 10.1 Å². The predicted octanol–water partition coefficient (Wildman–Crippen LogP) is 5.50. The molecule has 0 spiro atoms. The summed E-state index contributed by atoms with van der Waals surface area (Å²) >= 11 is 0. The summed E-state index contributed by atoms with van der Waals surface area (Å²) in [5.41, 5.74) is 4.11. The maximum atomic E-state index is 12.6. The van der Waals surface area contributed by atoms with Crippen molar-refractivity contribution >= 4 is 11.6 Å². The van der Waals surface area contributed by atoms with Crippen molar-refractivity contribution in [1.29, 1.82) is 0 Å². The first kappa shape index (κ1) is 18.4. The highest BCUT2D eigenvalue weighted by molar-refractivity contribution is 6.04. The van der Waals surface area contributed by atoms with Gasteiger partial charge in [-0.25, -0.2) is 9.97 Å². The van der Waals surface area contributed by atoms with Gasteiger partial charge in [0.25, 0.3) is 5.91 Å². The fourth-order valence-corrected chi connectivity index (χ4v) is 2.87. The highest BCUT2D eigenvalue weighted by Gasteiger charge is 2.11. The third-order valence-corrected chi connectivity index (χ3v) is 4.38. The molecular formula is C24H19N3O2. The Balaban J connectivity index is 1.56. The SMILES string of the molecule is Cc1ccc(NC(=O)c2cccc(Oc3ncncc3-c3ccccc3)c2)cc1. The molecule has 1 amide bonds. The van der Waals surface area contributed by atoms with Gasteiger partial charge in [-0.2, -0.15) is 0 Å². The number of hydrogen-bond acceptors (Lipinski definition) is 4. The predicted molar refractivity (Wildman–Crippen MR) is 113 cm³/mol. The van der Waals surface area contributed by atoms with E-state index in [9.17, 15) is 4.79 Å². The number of aryl methyl sites for hydroxylation is 1. The van der Waals surface area contributed by atoms with Gasteiger partial charge in [0, 0.05) is 17.4 Å². The van der Waals surface area contributed by atoms with E-state index < -0.39 is 0 Å². The minimum Gasteiger partial charge on any atom is -0.438 e. The summed E-state index contributed by atoms with van der Waals surface area (Å²) < 4.78 is 5.99. The fourth-order valence-electron chi connectivity index (χ4n) is 2.87. The Labute approximate surface area is 169 Å². The number of carbonyl (C=O) groups is 1. The number of amides is 1. The summed E-state index contributed by atoms with van der Waals surface area (Å²) in [7, 11) is 0. The van der Waals surface area contributed by atoms with Gasteiger partial charge in [-0.05, 0) is 42.8 Å². The third kappa shape index (κ3) is 4.47. The molecule has 29 heavy (non-hydrogen) atoms. The van der Waals surface area contributed by atoms with E-state index in [1.54, 1.807) is 30.5 Å². The number of carbonyl (C=O) groups excluding carboxylic acids is 1. The lowest BCUT2D eigenvalue weighted by Gasteiger charge is -2.11. The molecule has 1 N–H and O–H groups in total. The molecule has 1 aromatic heterocycles. The van der Waals surface area contributed by atoms with Crippen molar-refractivity contribution in [2.75, 3.05) is 5.32 Å². The van der Waals surface area contributed by atoms with Gasteiger partial charge in [0.05, 0.1) is 5.56 Å². The molecule has 0 aliphatic carbocycles. The maximum absolute atomic E-state index is 12.6. The summed E-state index contributed by atoms with van der Waals surface area (Å²) in [6.45, 7) is 2.00. The maximum Gasteiger partial charge on any atom is 0.255 e. The van der Waals surface area contributed by atoms with Crippen LogP contribution in [0.2, 0.25) is 0 Å². The number of benzene rings is 3. The van der Waals surface area contributed by atoms with Crippen molar-refractivity contribution in [2.24, 2.45) is 0 Å². The van der Waals surface area contributed by atoms with Crippen molar-refractivity contribution in [3.8, 4) is 22.8 Å². The Kier molecular flexibility index (Phi) is 5.29. The van der Waals surface area contributed by atoms with Crippen molar-refractivity contribution < 1.29 is 9.53 Å². The van der Waals surface area contributed by atoms with Crippen LogP contribution in [0.1, 0.15) is 15.9 Å². The van der Waals surface area contributed by atoms with Crippen molar-refractivity contribution in [3.63, 3.8) is 0 Å². The Hall–Kier alpha value is -3.99. The molecule has 0 atom stereocenters. The molecule has 142 valence electrons. The smallest absolute Gasteiger partial charge is 0.255 e. The molecule has 0 aliphatic heterocycles. The lowest BCUT2D eigenvalue weighted by atomic mass is 10.1. The van der Waals surface area contributed by atoms with E-state index >= 15 is 0 Å². The molecule has 3 aromatic carbocycles. The monoisotopic (exact) mass is 381 g/mol. The van der Waals surface area contributed by atoms with E-state index in [1.807, 2.05) is 61.5 Å². The summed E-state index contributed by atoms with van der Waals surface area (Å²) in [6.07, 6.45) is 3.15. The molecule has 0 bridgehead atoms. The molecule has 0 aliphatic rings. The van der Waals surface area contributed by atoms with Crippen LogP contribution in [0.3, 0.4) is 0 Å². The Morgan fingerprint density at radius 3 is 2.52 bits per heavy atom. The lowest BCUT2D eigenvalue weighted by molar-refractivity contribution is 0.102. The van der Waals surface area contributed by atoms with Crippen LogP contribution in [-0.2, 0) is 0 Å². The van der Waals surface area contributed by atoms with Gasteiger partial charge in [-0.1, -0.05) is 54.1 Å². The van der Waals surface area contributed by atoms with E-state index in [-0.39, 0.29) is 5.91 Å². The Bertz CT molecular complexity index is 1130. The average Bonchev–Trinajstić information content (AvgIpc) is 2.76. The van der Waals surface area contributed by atoms with Crippen LogP contribution in [0.4, 0.5) is 5.69 Å². The number of anilines is 1. The number of aromatic nitrogens is 2. The second-order valence-corrected chi connectivity index (χ2v) is 6.56. The highest BCUT2D eigenvalue weighted by atomic mass is 16.5. The first-order chi connectivity index (χ1) is 14.2. The van der Waals surface area contributed by atoms with Crippen LogP contribution < -0.4 is 10.1 Å². The van der Waals surface area contributed by atoms with Crippen LogP contribution in [-0.4, -0.2) is 15.9 Å². The Morgan fingerprint density at radius 1 is 0.931 bits per heavy atom. The summed E-state index contributed by atoms with van der Waals surface area (Å²) in [5, 5.41) is 2.89. The molecule has 0 saturated heterocycles. The first-order valence-electron chi connectivity index (χ1n) is 9.20. The Morgan fingerprint density at radius 2 is 1.72 bits per heavy atom. The van der Waals surface area contributed by atoms with Crippen LogP contribution in [0.25, 0.3) is 11.1 Å². The third-order valence-electron chi connectivity index (χ3n) is 4.38. The van der Waals surface area contributed by atoms with Crippen molar-refractivity contribution in [1.82, 2.24) is 9.97 Å². The minimum atomic E-state index is -0.203. The molecule has 5 heteroatoms. The number of nitrogens with zero attached hydrogens (tertiary/aromatic N) is 2. The second kappa shape index (κ2) is 8.35. The topological polar surface area (TPSA) is 64.1 Å². The normalized spacial score (nSPS) is 10.4. The van der Waals surface area contributed by atoms with Crippen LogP contribution in [0.5, 0.6) is 11.6 Å². The van der Waals surface area contributed by atoms with E-state index in [2.05, 4.69) is 15.3 Å². The molecule has 5 nitrogen and oxygen atoms in total. The van der Waals surface area contributed by atoms with E-state index in [0.717, 1.165) is 22.4 Å². The fraction of sp³-hybridized carbons (Fsp3) is 0.0417. The van der Waals surface area contributed by atoms with Gasteiger partial charge in [-0.15, -0.1) is 0 Å². The quantitative estimate of drug-likeness (QED) is 0.496. The van der Waals surface area contributed by atoms with Crippen LogP contribution in [0, 0.1) is 6.92 Å². The van der Waals surface area contributed by atoms with Crippen molar-refractivity contribution in [2.45, 2.75) is 6.92 Å². The zero-order chi connectivity index (χ0) is 20.1. The van der Waals surface area contributed by atoms with Crippen molar-refractivity contribution in [3.05, 3.63) is 103 Å². The number of rotatable bonds is 5. The molecule has 0 unspecified atom stereocenters. The molecule has 0 fully saturated rings. The van der Waals surface area contributed by atoms with E-state index in [1.165, 1.54) is 6.33 Å². The van der Waals surface area contributed by atoms with Gasteiger partial charge in [0.15, 0.2) is 0 Å². The van der Waals surface area contributed by atoms with Crippen LogP contribution >= 0.6 is 0 Å². The lowest BCUT2D eigenvalue weighted by Crippen LogP contribution is -2.11. The van der Waals surface area contributed by atoms with Crippen LogP contribution in [0.15, 0.2) is 91.4 Å². The first-order valence-corrected chi connectivity index (χ1v) is 9.20. The minimum absolute atomic E-state index is 0.203. The summed E-state index contributed by atoms with van der Waals surface area (Å²) in [5.74, 6) is 0.755. The number of hydrogen-bond donors (Lipinski definition) is 1. The zero-order valence-corrected chi connectivity index (χ0v) is 15.9. The summed E-state index contributed by atoms with van der Waals surface area (Å²) in [6, 6.07) is 24.4. The molecule has 0 radical (unpaired) electrons. The summed E-state index contributed by atoms with van der Waals surface area (Å²) in [4.78, 5) is 21.0. The van der Waals surface area contributed by atoms with Gasteiger partial charge in [0.2, 0.25) is 5.88 Å².